The first kappa shape index (κ1) is 18.9. The zero-order valence-corrected chi connectivity index (χ0v) is 14.6. The highest BCUT2D eigenvalue weighted by Crippen LogP contribution is 2.21. The first-order chi connectivity index (χ1) is 12.9. The zero-order valence-electron chi connectivity index (χ0n) is 14.6. The molecule has 1 N–H and O–H groups in total. The maximum absolute atomic E-state index is 13.7. The number of anilines is 1. The summed E-state index contributed by atoms with van der Waals surface area (Å²) >= 11 is 0. The van der Waals surface area contributed by atoms with Gasteiger partial charge in [0.1, 0.15) is 0 Å². The molecule has 3 rings (SSSR count). The Morgan fingerprint density at radius 1 is 1.07 bits per heavy atom. The van der Waals surface area contributed by atoms with E-state index in [9.17, 15) is 22.8 Å². The molecule has 2 heterocycles. The molecule has 0 aliphatic carbocycles. The first-order valence-corrected chi connectivity index (χ1v) is 8.56. The number of amides is 2. The molecule has 5 nitrogen and oxygen atoms in total. The number of nitrogens with one attached hydrogen (secondary N) is 1. The van der Waals surface area contributed by atoms with Crippen molar-refractivity contribution < 1.29 is 22.8 Å². The van der Waals surface area contributed by atoms with Crippen LogP contribution in [0.15, 0.2) is 30.6 Å². The van der Waals surface area contributed by atoms with Crippen LogP contribution in [0.4, 0.5) is 18.9 Å². The SMILES string of the molecule is CC1CCN(C(=O)c2cncc(C(=O)Nc3ccc(F)c(F)c3F)c2)CC1. The second-order valence-corrected chi connectivity index (χ2v) is 6.61. The highest BCUT2D eigenvalue weighted by Gasteiger charge is 2.23. The summed E-state index contributed by atoms with van der Waals surface area (Å²) in [6.45, 7) is 3.40. The minimum absolute atomic E-state index is 0.00959. The van der Waals surface area contributed by atoms with Crippen molar-refractivity contribution in [1.82, 2.24) is 9.88 Å². The third-order valence-corrected chi connectivity index (χ3v) is 4.60. The Kier molecular flexibility index (Phi) is 5.43. The molecule has 1 aromatic carbocycles. The van der Waals surface area contributed by atoms with Gasteiger partial charge in [0.15, 0.2) is 17.5 Å². The van der Waals surface area contributed by atoms with E-state index in [2.05, 4.69) is 17.2 Å². The maximum Gasteiger partial charge on any atom is 0.257 e. The van der Waals surface area contributed by atoms with Crippen LogP contribution in [-0.4, -0.2) is 34.8 Å². The first-order valence-electron chi connectivity index (χ1n) is 8.56. The fourth-order valence-electron chi connectivity index (χ4n) is 2.89. The van der Waals surface area contributed by atoms with Crippen molar-refractivity contribution in [3.8, 4) is 0 Å². The molecule has 142 valence electrons. The molecule has 27 heavy (non-hydrogen) atoms. The van der Waals surface area contributed by atoms with Gasteiger partial charge in [0.25, 0.3) is 11.8 Å². The van der Waals surface area contributed by atoms with Crippen molar-refractivity contribution >= 4 is 17.5 Å². The lowest BCUT2D eigenvalue weighted by Gasteiger charge is -2.30. The molecule has 1 aliphatic heterocycles. The van der Waals surface area contributed by atoms with Gasteiger partial charge in [-0.25, -0.2) is 13.2 Å². The normalized spacial score (nSPS) is 14.9. The van der Waals surface area contributed by atoms with E-state index in [0.29, 0.717) is 25.1 Å². The van der Waals surface area contributed by atoms with Gasteiger partial charge in [0.2, 0.25) is 0 Å². The lowest BCUT2D eigenvalue weighted by molar-refractivity contribution is 0.0697. The summed E-state index contributed by atoms with van der Waals surface area (Å²) in [5.74, 6) is -4.97. The molecule has 0 saturated carbocycles. The Morgan fingerprint density at radius 2 is 1.74 bits per heavy atom. The third kappa shape index (κ3) is 4.10. The Labute approximate surface area is 154 Å². The highest BCUT2D eigenvalue weighted by atomic mass is 19.2. The van der Waals surface area contributed by atoms with Crippen LogP contribution >= 0.6 is 0 Å². The molecule has 0 unspecified atom stereocenters. The van der Waals surface area contributed by atoms with E-state index in [1.165, 1.54) is 18.5 Å². The molecule has 1 saturated heterocycles. The summed E-state index contributed by atoms with van der Waals surface area (Å²) in [6.07, 6.45) is 4.39. The van der Waals surface area contributed by atoms with Gasteiger partial charge in [-0.1, -0.05) is 6.92 Å². The van der Waals surface area contributed by atoms with Gasteiger partial charge in [-0.15, -0.1) is 0 Å². The van der Waals surface area contributed by atoms with Gasteiger partial charge < -0.3 is 10.2 Å². The number of carbonyl (C=O) groups excluding carboxylic acids is 2. The number of halogens is 3. The monoisotopic (exact) mass is 377 g/mol. The topological polar surface area (TPSA) is 62.3 Å². The molecular weight excluding hydrogens is 359 g/mol. The zero-order chi connectivity index (χ0) is 19.6. The van der Waals surface area contributed by atoms with Crippen LogP contribution < -0.4 is 5.32 Å². The Balaban J connectivity index is 1.76. The van der Waals surface area contributed by atoms with E-state index in [-0.39, 0.29) is 17.0 Å². The molecule has 2 aromatic rings. The van der Waals surface area contributed by atoms with Crippen molar-refractivity contribution in [2.75, 3.05) is 18.4 Å². The van der Waals surface area contributed by atoms with Crippen LogP contribution in [0, 0.1) is 23.4 Å². The van der Waals surface area contributed by atoms with E-state index in [1.807, 2.05) is 0 Å². The largest absolute Gasteiger partial charge is 0.339 e. The smallest absolute Gasteiger partial charge is 0.257 e. The van der Waals surface area contributed by atoms with E-state index in [4.69, 9.17) is 0 Å². The molecular formula is C19H18F3N3O2. The van der Waals surface area contributed by atoms with E-state index >= 15 is 0 Å². The van der Waals surface area contributed by atoms with Crippen LogP contribution in [0.2, 0.25) is 0 Å². The molecule has 8 heteroatoms. The number of nitrogens with zero attached hydrogens (tertiary/aromatic N) is 2. The number of carbonyl (C=O) groups is 2. The lowest BCUT2D eigenvalue weighted by atomic mass is 9.98. The van der Waals surface area contributed by atoms with Crippen molar-refractivity contribution in [3.63, 3.8) is 0 Å². The Morgan fingerprint density at radius 3 is 2.44 bits per heavy atom. The standard InChI is InChI=1S/C19H18F3N3O2/c1-11-4-6-25(7-5-11)19(27)13-8-12(9-23-10-13)18(26)24-15-3-2-14(20)16(21)17(15)22/h2-3,8-11H,4-7H2,1H3,(H,24,26). The highest BCUT2D eigenvalue weighted by molar-refractivity contribution is 6.05. The molecule has 0 bridgehead atoms. The van der Waals surface area contributed by atoms with Gasteiger partial charge in [0, 0.05) is 25.5 Å². The number of aromatic nitrogens is 1. The number of benzene rings is 1. The second-order valence-electron chi connectivity index (χ2n) is 6.61. The van der Waals surface area contributed by atoms with Crippen molar-refractivity contribution in [3.05, 3.63) is 59.2 Å². The summed E-state index contributed by atoms with van der Waals surface area (Å²) in [5.41, 5.74) is -0.251. The Hall–Kier alpha value is -2.90. The van der Waals surface area contributed by atoms with E-state index in [1.54, 1.807) is 4.90 Å². The maximum atomic E-state index is 13.7. The average Bonchev–Trinajstić information content (AvgIpc) is 2.68. The minimum atomic E-state index is -1.67. The molecule has 2 amide bonds. The summed E-state index contributed by atoms with van der Waals surface area (Å²) in [4.78, 5) is 30.5. The number of pyridine rings is 1. The summed E-state index contributed by atoms with van der Waals surface area (Å²) in [7, 11) is 0. The molecule has 1 aliphatic rings. The number of piperidine rings is 1. The quantitative estimate of drug-likeness (QED) is 0.831. The summed E-state index contributed by atoms with van der Waals surface area (Å²) in [5, 5.41) is 2.16. The van der Waals surface area contributed by atoms with Gasteiger partial charge in [-0.3, -0.25) is 14.6 Å². The van der Waals surface area contributed by atoms with Crippen LogP contribution in [0.3, 0.4) is 0 Å². The second kappa shape index (κ2) is 7.77. The van der Waals surface area contributed by atoms with Crippen LogP contribution in [-0.2, 0) is 0 Å². The van der Waals surface area contributed by atoms with Crippen molar-refractivity contribution in [2.45, 2.75) is 19.8 Å². The number of likely N-dealkylation sites (tertiary alicyclic amines) is 1. The third-order valence-electron chi connectivity index (χ3n) is 4.60. The fourth-order valence-corrected chi connectivity index (χ4v) is 2.89. The number of hydrogen-bond acceptors (Lipinski definition) is 3. The molecule has 1 fully saturated rings. The van der Waals surface area contributed by atoms with Crippen LogP contribution in [0.1, 0.15) is 40.5 Å². The van der Waals surface area contributed by atoms with Crippen LogP contribution in [0.5, 0.6) is 0 Å². The molecule has 0 spiro atoms. The predicted molar refractivity (Wildman–Crippen MR) is 92.8 cm³/mol. The van der Waals surface area contributed by atoms with Gasteiger partial charge in [0.05, 0.1) is 16.8 Å². The van der Waals surface area contributed by atoms with Gasteiger partial charge in [-0.2, -0.15) is 0 Å². The minimum Gasteiger partial charge on any atom is -0.339 e. The summed E-state index contributed by atoms with van der Waals surface area (Å²) in [6, 6.07) is 2.98. The summed E-state index contributed by atoms with van der Waals surface area (Å²) < 4.78 is 40.0. The number of hydrogen-bond donors (Lipinski definition) is 1. The average molecular weight is 377 g/mol. The predicted octanol–water partition coefficient (Wildman–Crippen LogP) is 3.62. The van der Waals surface area contributed by atoms with Crippen LogP contribution in [0.25, 0.3) is 0 Å². The molecule has 0 atom stereocenters. The van der Waals surface area contributed by atoms with Gasteiger partial charge in [-0.05, 0) is 37.0 Å². The fraction of sp³-hybridized carbons (Fsp3) is 0.316. The van der Waals surface area contributed by atoms with Crippen molar-refractivity contribution in [2.24, 2.45) is 5.92 Å². The van der Waals surface area contributed by atoms with E-state index in [0.717, 1.165) is 18.9 Å². The van der Waals surface area contributed by atoms with Gasteiger partial charge >= 0.3 is 0 Å². The molecule has 1 aromatic heterocycles. The van der Waals surface area contributed by atoms with Crippen molar-refractivity contribution in [1.29, 1.82) is 0 Å². The molecule has 0 radical (unpaired) electrons. The lowest BCUT2D eigenvalue weighted by Crippen LogP contribution is -2.38. The number of rotatable bonds is 3. The Bertz CT molecular complexity index is 880. The van der Waals surface area contributed by atoms with E-state index < -0.39 is 29.0 Å².